The molecular formula is C14H13F2NO3. The maximum absolute atomic E-state index is 13.2. The largest absolute Gasteiger partial charge is 0.478 e. The van der Waals surface area contributed by atoms with Crippen molar-refractivity contribution < 1.29 is 23.5 Å². The number of carbonyl (C=O) groups is 2. The summed E-state index contributed by atoms with van der Waals surface area (Å²) in [5, 5.41) is 11.4. The third kappa shape index (κ3) is 2.26. The van der Waals surface area contributed by atoms with E-state index in [1.165, 1.54) is 0 Å². The van der Waals surface area contributed by atoms with Crippen molar-refractivity contribution in [1.29, 1.82) is 0 Å². The molecule has 20 heavy (non-hydrogen) atoms. The molecule has 1 aromatic carbocycles. The number of nitrogens with one attached hydrogen (secondary N) is 1. The minimum atomic E-state index is -1.41. The minimum Gasteiger partial charge on any atom is -0.478 e. The molecule has 1 aromatic rings. The Labute approximate surface area is 113 Å². The van der Waals surface area contributed by atoms with Gasteiger partial charge in [-0.05, 0) is 37.2 Å². The lowest BCUT2D eigenvalue weighted by Crippen LogP contribution is -2.23. The fourth-order valence-corrected chi connectivity index (χ4v) is 2.99. The van der Waals surface area contributed by atoms with Gasteiger partial charge in [0.1, 0.15) is 0 Å². The highest BCUT2D eigenvalue weighted by molar-refractivity contribution is 6.01. The molecule has 106 valence electrons. The average Bonchev–Trinajstić information content (AvgIpc) is 2.99. The third-order valence-electron chi connectivity index (χ3n) is 4.16. The molecule has 2 aliphatic rings. The van der Waals surface area contributed by atoms with Crippen molar-refractivity contribution >= 4 is 17.6 Å². The molecule has 2 N–H and O–H groups in total. The van der Waals surface area contributed by atoms with Crippen molar-refractivity contribution in [2.24, 2.45) is 17.8 Å². The molecule has 2 atom stereocenters. The summed E-state index contributed by atoms with van der Waals surface area (Å²) in [5.74, 6) is -3.10. The molecule has 0 aliphatic heterocycles. The van der Waals surface area contributed by atoms with Crippen LogP contribution < -0.4 is 5.32 Å². The van der Waals surface area contributed by atoms with Crippen LogP contribution in [0.15, 0.2) is 12.1 Å². The van der Waals surface area contributed by atoms with E-state index in [9.17, 15) is 18.4 Å². The van der Waals surface area contributed by atoms with E-state index in [1.807, 2.05) is 0 Å². The Hall–Kier alpha value is -1.98. The van der Waals surface area contributed by atoms with Crippen molar-refractivity contribution in [3.63, 3.8) is 0 Å². The SMILES string of the molecule is O=C(O)c1cc(F)c(F)cc1NC(=O)C1CC2CC2C1. The number of aromatic carboxylic acids is 1. The van der Waals surface area contributed by atoms with Crippen LogP contribution in [0, 0.1) is 29.4 Å². The van der Waals surface area contributed by atoms with Crippen LogP contribution in [0.5, 0.6) is 0 Å². The fourth-order valence-electron chi connectivity index (χ4n) is 2.99. The summed E-state index contributed by atoms with van der Waals surface area (Å²) in [6, 6.07) is 1.30. The number of halogens is 2. The summed E-state index contributed by atoms with van der Waals surface area (Å²) in [6.45, 7) is 0. The lowest BCUT2D eigenvalue weighted by molar-refractivity contribution is -0.120. The molecule has 2 unspecified atom stereocenters. The van der Waals surface area contributed by atoms with Crippen molar-refractivity contribution in [2.75, 3.05) is 5.32 Å². The van der Waals surface area contributed by atoms with Crippen molar-refractivity contribution in [1.82, 2.24) is 0 Å². The van der Waals surface area contributed by atoms with Crippen LogP contribution in [0.4, 0.5) is 14.5 Å². The number of hydrogen-bond acceptors (Lipinski definition) is 2. The van der Waals surface area contributed by atoms with E-state index in [0.717, 1.165) is 19.3 Å². The normalized spacial score (nSPS) is 27.0. The maximum atomic E-state index is 13.2. The van der Waals surface area contributed by atoms with Gasteiger partial charge in [-0.15, -0.1) is 0 Å². The molecule has 2 saturated carbocycles. The van der Waals surface area contributed by atoms with Crippen molar-refractivity contribution in [2.45, 2.75) is 19.3 Å². The van der Waals surface area contributed by atoms with E-state index >= 15 is 0 Å². The zero-order valence-corrected chi connectivity index (χ0v) is 10.5. The second-order valence-corrected chi connectivity index (χ2v) is 5.53. The number of carboxylic acids is 1. The molecule has 0 saturated heterocycles. The Morgan fingerprint density at radius 3 is 2.30 bits per heavy atom. The first kappa shape index (κ1) is 13.0. The Kier molecular flexibility index (Phi) is 2.96. The number of carboxylic acid groups (broad SMARTS) is 1. The van der Waals surface area contributed by atoms with Crippen LogP contribution in [-0.2, 0) is 4.79 Å². The maximum Gasteiger partial charge on any atom is 0.337 e. The number of carbonyl (C=O) groups excluding carboxylic acids is 1. The minimum absolute atomic E-state index is 0.159. The number of rotatable bonds is 3. The van der Waals surface area contributed by atoms with Crippen LogP contribution in [0.1, 0.15) is 29.6 Å². The number of fused-ring (bicyclic) bond motifs is 1. The molecule has 0 radical (unpaired) electrons. The van der Waals surface area contributed by atoms with E-state index in [0.29, 0.717) is 24.0 Å². The smallest absolute Gasteiger partial charge is 0.337 e. The van der Waals surface area contributed by atoms with E-state index in [-0.39, 0.29) is 17.5 Å². The Balaban J connectivity index is 1.80. The molecule has 0 bridgehead atoms. The third-order valence-corrected chi connectivity index (χ3v) is 4.16. The highest BCUT2D eigenvalue weighted by atomic mass is 19.2. The first-order valence-corrected chi connectivity index (χ1v) is 6.49. The van der Waals surface area contributed by atoms with E-state index in [2.05, 4.69) is 5.32 Å². The van der Waals surface area contributed by atoms with E-state index in [4.69, 9.17) is 5.11 Å². The van der Waals surface area contributed by atoms with Crippen LogP contribution in [0.25, 0.3) is 0 Å². The lowest BCUT2D eigenvalue weighted by atomic mass is 10.0. The molecule has 0 aromatic heterocycles. The van der Waals surface area contributed by atoms with Gasteiger partial charge in [0.25, 0.3) is 0 Å². The summed E-state index contributed by atoms with van der Waals surface area (Å²) in [5.41, 5.74) is -0.637. The molecular weight excluding hydrogens is 268 g/mol. The van der Waals surface area contributed by atoms with Gasteiger partial charge in [-0.1, -0.05) is 0 Å². The molecule has 0 spiro atoms. The number of hydrogen-bond donors (Lipinski definition) is 2. The van der Waals surface area contributed by atoms with Gasteiger partial charge in [0, 0.05) is 12.0 Å². The molecule has 1 amide bonds. The molecule has 2 aliphatic carbocycles. The second kappa shape index (κ2) is 4.54. The monoisotopic (exact) mass is 281 g/mol. The first-order valence-electron chi connectivity index (χ1n) is 6.49. The van der Waals surface area contributed by atoms with Crippen LogP contribution in [0.3, 0.4) is 0 Å². The van der Waals surface area contributed by atoms with Gasteiger partial charge in [-0.25, -0.2) is 13.6 Å². The molecule has 6 heteroatoms. The molecule has 2 fully saturated rings. The fraction of sp³-hybridized carbons (Fsp3) is 0.429. The average molecular weight is 281 g/mol. The Morgan fingerprint density at radius 2 is 1.70 bits per heavy atom. The van der Waals surface area contributed by atoms with E-state index in [1.54, 1.807) is 0 Å². The summed E-state index contributed by atoms with van der Waals surface area (Å²) < 4.78 is 26.3. The van der Waals surface area contributed by atoms with Gasteiger partial charge < -0.3 is 10.4 Å². The van der Waals surface area contributed by atoms with Gasteiger partial charge in [0.15, 0.2) is 11.6 Å². The second-order valence-electron chi connectivity index (χ2n) is 5.53. The number of amides is 1. The summed E-state index contributed by atoms with van der Waals surface area (Å²) in [7, 11) is 0. The number of benzene rings is 1. The van der Waals surface area contributed by atoms with Gasteiger partial charge in [-0.2, -0.15) is 0 Å². The Bertz CT molecular complexity index is 592. The van der Waals surface area contributed by atoms with Gasteiger partial charge in [0.05, 0.1) is 11.3 Å². The highest BCUT2D eigenvalue weighted by Crippen LogP contribution is 2.54. The summed E-state index contributed by atoms with van der Waals surface area (Å²) in [6.07, 6.45) is 2.75. The van der Waals surface area contributed by atoms with Gasteiger partial charge >= 0.3 is 5.97 Å². The zero-order valence-electron chi connectivity index (χ0n) is 10.5. The Morgan fingerprint density at radius 1 is 1.10 bits per heavy atom. The zero-order chi connectivity index (χ0) is 14.4. The van der Waals surface area contributed by atoms with Crippen molar-refractivity contribution in [3.05, 3.63) is 29.3 Å². The summed E-state index contributed by atoms with van der Waals surface area (Å²) >= 11 is 0. The van der Waals surface area contributed by atoms with Crippen LogP contribution >= 0.6 is 0 Å². The topological polar surface area (TPSA) is 66.4 Å². The quantitative estimate of drug-likeness (QED) is 0.895. The molecule has 4 nitrogen and oxygen atoms in total. The molecule has 3 rings (SSSR count). The van der Waals surface area contributed by atoms with Gasteiger partial charge in [0.2, 0.25) is 5.91 Å². The lowest BCUT2D eigenvalue weighted by Gasteiger charge is -2.14. The van der Waals surface area contributed by atoms with E-state index < -0.39 is 23.2 Å². The highest BCUT2D eigenvalue weighted by Gasteiger charge is 2.48. The predicted octanol–water partition coefficient (Wildman–Crippen LogP) is 2.65. The predicted molar refractivity (Wildman–Crippen MR) is 66.3 cm³/mol. The van der Waals surface area contributed by atoms with Gasteiger partial charge in [-0.3, -0.25) is 4.79 Å². The van der Waals surface area contributed by atoms with Crippen molar-refractivity contribution in [3.8, 4) is 0 Å². The summed E-state index contributed by atoms with van der Waals surface area (Å²) in [4.78, 5) is 23.0. The first-order chi connectivity index (χ1) is 9.45. The van der Waals surface area contributed by atoms with Crippen LogP contribution in [0.2, 0.25) is 0 Å². The standard InChI is InChI=1S/C14H13F2NO3/c15-10-4-9(14(19)20)12(5-11(10)16)17-13(18)8-2-6-1-7(6)3-8/h4-8H,1-3H2,(H,17,18)(H,19,20). The molecule has 0 heterocycles. The van der Waals surface area contributed by atoms with Crippen LogP contribution in [-0.4, -0.2) is 17.0 Å². The number of anilines is 1.